The van der Waals surface area contributed by atoms with Gasteiger partial charge in [0.15, 0.2) is 5.82 Å². The number of nitrogens with two attached hydrogens (primary N) is 3. The number of aromatic nitrogens is 6. The van der Waals surface area contributed by atoms with Crippen molar-refractivity contribution in [1.82, 2.24) is 29.9 Å². The minimum Gasteiger partial charge on any atom is -0.368 e. The van der Waals surface area contributed by atoms with Gasteiger partial charge in [-0.25, -0.2) is 4.68 Å². The van der Waals surface area contributed by atoms with Crippen molar-refractivity contribution in [3.05, 3.63) is 17.7 Å². The van der Waals surface area contributed by atoms with Crippen molar-refractivity contribution < 1.29 is 0 Å². The maximum absolute atomic E-state index is 5.96. The average Bonchev–Trinajstić information content (AvgIpc) is 2.76. The van der Waals surface area contributed by atoms with Crippen molar-refractivity contribution >= 4 is 11.9 Å². The summed E-state index contributed by atoms with van der Waals surface area (Å²) in [6.45, 7) is 2.39. The van der Waals surface area contributed by atoms with Gasteiger partial charge in [-0.3, -0.25) is 0 Å². The summed E-state index contributed by atoms with van der Waals surface area (Å²) in [4.78, 5) is 11.7. The van der Waals surface area contributed by atoms with Gasteiger partial charge < -0.3 is 17.2 Å². The highest BCUT2D eigenvalue weighted by atomic mass is 15.4. The molecule has 0 spiro atoms. The quantitative estimate of drug-likeness (QED) is 0.652. The van der Waals surface area contributed by atoms with Crippen LogP contribution in [0.25, 0.3) is 0 Å². The number of nitrogen functional groups attached to an aromatic ring is 2. The Morgan fingerprint density at radius 3 is 2.53 bits per heavy atom. The lowest BCUT2D eigenvalue weighted by Crippen LogP contribution is -2.11. The van der Waals surface area contributed by atoms with E-state index in [0.717, 1.165) is 18.5 Å². The first-order chi connectivity index (χ1) is 9.08. The second-order valence-electron chi connectivity index (χ2n) is 4.20. The SMILES string of the molecule is CCCC(N)c1cn(Cc2nc(N)nc(N)n2)nn1. The number of rotatable bonds is 5. The van der Waals surface area contributed by atoms with E-state index >= 15 is 0 Å². The molecular weight excluding hydrogens is 246 g/mol. The highest BCUT2D eigenvalue weighted by Crippen LogP contribution is 2.12. The zero-order valence-corrected chi connectivity index (χ0v) is 10.7. The van der Waals surface area contributed by atoms with Gasteiger partial charge in [0.05, 0.1) is 17.9 Å². The van der Waals surface area contributed by atoms with Crippen LogP contribution >= 0.6 is 0 Å². The Balaban J connectivity index is 2.11. The van der Waals surface area contributed by atoms with Crippen LogP contribution in [0, 0.1) is 0 Å². The highest BCUT2D eigenvalue weighted by molar-refractivity contribution is 5.25. The molecule has 19 heavy (non-hydrogen) atoms. The van der Waals surface area contributed by atoms with E-state index in [9.17, 15) is 0 Å². The number of nitrogens with zero attached hydrogens (tertiary/aromatic N) is 6. The monoisotopic (exact) mass is 263 g/mol. The standard InChI is InChI=1S/C10H17N9/c1-2-3-6(11)7-4-19(18-17-7)5-8-14-9(12)16-10(13)15-8/h4,6H,2-3,5,11H2,1H3,(H4,12,13,14,15,16). The van der Waals surface area contributed by atoms with Gasteiger partial charge in [-0.15, -0.1) is 5.10 Å². The Morgan fingerprint density at radius 2 is 1.89 bits per heavy atom. The van der Waals surface area contributed by atoms with Gasteiger partial charge in [0, 0.05) is 0 Å². The number of hydrogen-bond acceptors (Lipinski definition) is 8. The second-order valence-corrected chi connectivity index (χ2v) is 4.20. The van der Waals surface area contributed by atoms with Crippen molar-refractivity contribution in [2.75, 3.05) is 11.5 Å². The van der Waals surface area contributed by atoms with Gasteiger partial charge in [-0.1, -0.05) is 18.6 Å². The van der Waals surface area contributed by atoms with Gasteiger partial charge in [-0.05, 0) is 6.42 Å². The Kier molecular flexibility index (Phi) is 3.85. The number of anilines is 2. The van der Waals surface area contributed by atoms with E-state index in [-0.39, 0.29) is 17.9 Å². The largest absolute Gasteiger partial charge is 0.368 e. The summed E-state index contributed by atoms with van der Waals surface area (Å²) in [5, 5.41) is 8.01. The maximum Gasteiger partial charge on any atom is 0.225 e. The average molecular weight is 263 g/mol. The molecule has 9 heteroatoms. The lowest BCUT2D eigenvalue weighted by atomic mass is 10.1. The Morgan fingerprint density at radius 1 is 1.21 bits per heavy atom. The van der Waals surface area contributed by atoms with Crippen molar-refractivity contribution in [2.45, 2.75) is 32.4 Å². The molecular formula is C10H17N9. The first kappa shape index (κ1) is 13.1. The molecule has 2 heterocycles. The molecule has 2 aromatic heterocycles. The van der Waals surface area contributed by atoms with Crippen LogP contribution in [0.2, 0.25) is 0 Å². The number of hydrogen-bond donors (Lipinski definition) is 3. The van der Waals surface area contributed by atoms with Crippen molar-refractivity contribution in [2.24, 2.45) is 5.73 Å². The lowest BCUT2D eigenvalue weighted by molar-refractivity contribution is 0.613. The predicted molar refractivity (Wildman–Crippen MR) is 69.6 cm³/mol. The molecule has 0 fully saturated rings. The third kappa shape index (κ3) is 3.35. The Hall–Kier alpha value is -2.29. The molecule has 0 aliphatic carbocycles. The van der Waals surface area contributed by atoms with E-state index in [1.165, 1.54) is 0 Å². The summed E-state index contributed by atoms with van der Waals surface area (Å²) in [7, 11) is 0. The van der Waals surface area contributed by atoms with Gasteiger partial charge in [0.2, 0.25) is 11.9 Å². The third-order valence-corrected chi connectivity index (χ3v) is 2.56. The summed E-state index contributed by atoms with van der Waals surface area (Å²) in [5.41, 5.74) is 17.7. The predicted octanol–water partition coefficient (Wildman–Crippen LogP) is -0.524. The molecule has 2 rings (SSSR count). The molecule has 102 valence electrons. The van der Waals surface area contributed by atoms with E-state index in [1.807, 2.05) is 0 Å². The molecule has 2 aromatic rings. The molecule has 6 N–H and O–H groups in total. The van der Waals surface area contributed by atoms with Crippen molar-refractivity contribution in [3.63, 3.8) is 0 Å². The Bertz CT molecular complexity index is 529. The molecule has 0 saturated heterocycles. The summed E-state index contributed by atoms with van der Waals surface area (Å²) >= 11 is 0. The van der Waals surface area contributed by atoms with Gasteiger partial charge >= 0.3 is 0 Å². The van der Waals surface area contributed by atoms with E-state index < -0.39 is 0 Å². The van der Waals surface area contributed by atoms with Crippen molar-refractivity contribution in [1.29, 1.82) is 0 Å². The summed E-state index contributed by atoms with van der Waals surface area (Å²) in [6.07, 6.45) is 3.63. The van der Waals surface area contributed by atoms with Gasteiger partial charge in [-0.2, -0.15) is 15.0 Å². The van der Waals surface area contributed by atoms with Crippen LogP contribution < -0.4 is 17.2 Å². The molecule has 0 saturated carbocycles. The van der Waals surface area contributed by atoms with Gasteiger partial charge in [0.25, 0.3) is 0 Å². The van der Waals surface area contributed by atoms with E-state index in [2.05, 4.69) is 32.2 Å². The molecule has 0 aromatic carbocycles. The van der Waals surface area contributed by atoms with E-state index in [4.69, 9.17) is 17.2 Å². The zero-order chi connectivity index (χ0) is 13.8. The molecule has 0 amide bonds. The molecule has 0 radical (unpaired) electrons. The summed E-state index contributed by atoms with van der Waals surface area (Å²) in [6, 6.07) is -0.104. The molecule has 0 bridgehead atoms. The van der Waals surface area contributed by atoms with Crippen LogP contribution in [0.5, 0.6) is 0 Å². The van der Waals surface area contributed by atoms with Crippen LogP contribution in [-0.2, 0) is 6.54 Å². The summed E-state index contributed by atoms with van der Waals surface area (Å²) in [5.74, 6) is 0.613. The molecule has 0 aliphatic heterocycles. The van der Waals surface area contributed by atoms with Crippen LogP contribution in [0.15, 0.2) is 6.20 Å². The maximum atomic E-state index is 5.96. The smallest absolute Gasteiger partial charge is 0.225 e. The molecule has 1 unspecified atom stereocenters. The van der Waals surface area contributed by atoms with Crippen LogP contribution in [0.3, 0.4) is 0 Å². The van der Waals surface area contributed by atoms with Gasteiger partial charge in [0.1, 0.15) is 6.54 Å². The van der Waals surface area contributed by atoms with Crippen molar-refractivity contribution in [3.8, 4) is 0 Å². The first-order valence-electron chi connectivity index (χ1n) is 6.00. The fourth-order valence-electron chi connectivity index (χ4n) is 1.69. The Labute approximate surface area is 110 Å². The topological polar surface area (TPSA) is 147 Å². The van der Waals surface area contributed by atoms with E-state index in [0.29, 0.717) is 12.4 Å². The molecule has 9 nitrogen and oxygen atoms in total. The summed E-state index contributed by atoms with van der Waals surface area (Å²) < 4.78 is 1.60. The highest BCUT2D eigenvalue weighted by Gasteiger charge is 2.11. The van der Waals surface area contributed by atoms with Crippen LogP contribution in [0.4, 0.5) is 11.9 Å². The minimum absolute atomic E-state index is 0.0884. The minimum atomic E-state index is -0.104. The second kappa shape index (κ2) is 5.57. The zero-order valence-electron chi connectivity index (χ0n) is 10.7. The first-order valence-corrected chi connectivity index (χ1v) is 6.00. The molecule has 0 aliphatic rings. The van der Waals surface area contributed by atoms with Crippen LogP contribution in [0.1, 0.15) is 37.3 Å². The lowest BCUT2D eigenvalue weighted by Gasteiger charge is -2.04. The molecule has 1 atom stereocenters. The van der Waals surface area contributed by atoms with E-state index in [1.54, 1.807) is 10.9 Å². The third-order valence-electron chi connectivity index (χ3n) is 2.56. The fourth-order valence-corrected chi connectivity index (χ4v) is 1.69. The normalized spacial score (nSPS) is 12.5. The van der Waals surface area contributed by atoms with Crippen LogP contribution in [-0.4, -0.2) is 29.9 Å². The fraction of sp³-hybridized carbons (Fsp3) is 0.500.